The molecule has 0 aromatic heterocycles. The normalized spacial score (nSPS) is 15.3. The standard InChI is InChI=1S/C13H13N3O5/c1-14-7-13(19)15(8-12(14)18)6-11(17)9-2-4-10(5-3-9)16(20)21/h2-5H,6-8H2,1H3. The molecule has 8 heteroatoms. The monoisotopic (exact) mass is 291 g/mol. The van der Waals surface area contributed by atoms with Crippen molar-refractivity contribution in [2.75, 3.05) is 26.7 Å². The summed E-state index contributed by atoms with van der Waals surface area (Å²) in [5, 5.41) is 10.5. The van der Waals surface area contributed by atoms with Crippen LogP contribution in [0, 0.1) is 10.1 Å². The van der Waals surface area contributed by atoms with Gasteiger partial charge in [-0.15, -0.1) is 0 Å². The molecule has 8 nitrogen and oxygen atoms in total. The lowest BCUT2D eigenvalue weighted by atomic mass is 10.1. The molecule has 2 rings (SSSR count). The van der Waals surface area contributed by atoms with Gasteiger partial charge in [-0.25, -0.2) is 0 Å². The molecule has 0 N–H and O–H groups in total. The highest BCUT2D eigenvalue weighted by Crippen LogP contribution is 2.13. The summed E-state index contributed by atoms with van der Waals surface area (Å²) in [4.78, 5) is 47.8. The zero-order chi connectivity index (χ0) is 15.6. The first-order valence-corrected chi connectivity index (χ1v) is 6.18. The molecule has 0 bridgehead atoms. The summed E-state index contributed by atoms with van der Waals surface area (Å²) in [6.45, 7) is -0.392. The van der Waals surface area contributed by atoms with Crippen molar-refractivity contribution in [2.24, 2.45) is 0 Å². The minimum absolute atomic E-state index is 0.0492. The number of ketones is 1. The van der Waals surface area contributed by atoms with Crippen LogP contribution in [0.3, 0.4) is 0 Å². The number of rotatable bonds is 4. The highest BCUT2D eigenvalue weighted by atomic mass is 16.6. The minimum atomic E-state index is -0.559. The smallest absolute Gasteiger partial charge is 0.269 e. The van der Waals surface area contributed by atoms with Gasteiger partial charge in [0.25, 0.3) is 5.69 Å². The topological polar surface area (TPSA) is 101 Å². The highest BCUT2D eigenvalue weighted by molar-refractivity contribution is 6.01. The fraction of sp³-hybridized carbons (Fsp3) is 0.308. The highest BCUT2D eigenvalue weighted by Gasteiger charge is 2.28. The maximum atomic E-state index is 12.0. The number of non-ortho nitro benzene ring substituents is 1. The van der Waals surface area contributed by atoms with Gasteiger partial charge in [-0.1, -0.05) is 0 Å². The number of carbonyl (C=O) groups excluding carboxylic acids is 3. The van der Waals surface area contributed by atoms with E-state index in [-0.39, 0.29) is 48.5 Å². The summed E-state index contributed by atoms with van der Waals surface area (Å²) in [5.41, 5.74) is 0.150. The van der Waals surface area contributed by atoms with Crippen molar-refractivity contribution in [2.45, 2.75) is 0 Å². The quantitative estimate of drug-likeness (QED) is 0.444. The van der Waals surface area contributed by atoms with Crippen LogP contribution in [-0.2, 0) is 9.59 Å². The molecule has 1 aromatic rings. The Morgan fingerprint density at radius 1 is 1.19 bits per heavy atom. The van der Waals surface area contributed by atoms with Gasteiger partial charge in [0.1, 0.15) is 6.54 Å². The Kier molecular flexibility index (Phi) is 3.97. The third kappa shape index (κ3) is 3.22. The van der Waals surface area contributed by atoms with Gasteiger partial charge in [0, 0.05) is 24.7 Å². The molecule has 1 saturated heterocycles. The predicted molar refractivity (Wildman–Crippen MR) is 71.6 cm³/mol. The van der Waals surface area contributed by atoms with Crippen LogP contribution in [-0.4, -0.2) is 59.0 Å². The first-order chi connectivity index (χ1) is 9.88. The Morgan fingerprint density at radius 3 is 2.38 bits per heavy atom. The van der Waals surface area contributed by atoms with Crippen molar-refractivity contribution in [1.82, 2.24) is 9.80 Å². The van der Waals surface area contributed by atoms with Gasteiger partial charge in [-0.3, -0.25) is 24.5 Å². The molecule has 0 saturated carbocycles. The first kappa shape index (κ1) is 14.6. The number of likely N-dealkylation sites (N-methyl/N-ethyl adjacent to an activating group) is 1. The van der Waals surface area contributed by atoms with E-state index < -0.39 is 4.92 Å². The lowest BCUT2D eigenvalue weighted by Crippen LogP contribution is -2.53. The second-order valence-electron chi connectivity index (χ2n) is 4.73. The Morgan fingerprint density at radius 2 is 1.81 bits per heavy atom. The van der Waals surface area contributed by atoms with Crippen LogP contribution in [0.4, 0.5) is 5.69 Å². The fourth-order valence-corrected chi connectivity index (χ4v) is 1.94. The summed E-state index contributed by atoms with van der Waals surface area (Å²) < 4.78 is 0. The third-order valence-electron chi connectivity index (χ3n) is 3.21. The lowest BCUT2D eigenvalue weighted by molar-refractivity contribution is -0.384. The van der Waals surface area contributed by atoms with Crippen LogP contribution < -0.4 is 0 Å². The molecule has 0 spiro atoms. The van der Waals surface area contributed by atoms with Crippen LogP contribution in [0.1, 0.15) is 10.4 Å². The van der Waals surface area contributed by atoms with E-state index in [4.69, 9.17) is 0 Å². The molecule has 1 aliphatic rings. The molecule has 1 aliphatic heterocycles. The van der Waals surface area contributed by atoms with Crippen LogP contribution in [0.2, 0.25) is 0 Å². The molecule has 2 amide bonds. The van der Waals surface area contributed by atoms with Crippen molar-refractivity contribution in [1.29, 1.82) is 0 Å². The van der Waals surface area contributed by atoms with E-state index >= 15 is 0 Å². The van der Waals surface area contributed by atoms with Gasteiger partial charge < -0.3 is 9.80 Å². The Balaban J connectivity index is 2.05. The Hall–Kier alpha value is -2.77. The average molecular weight is 291 g/mol. The number of nitrogens with zero attached hydrogens (tertiary/aromatic N) is 3. The summed E-state index contributed by atoms with van der Waals surface area (Å²) in [5.74, 6) is -0.894. The van der Waals surface area contributed by atoms with E-state index in [0.29, 0.717) is 0 Å². The molecule has 0 radical (unpaired) electrons. The molecule has 1 aromatic carbocycles. The van der Waals surface area contributed by atoms with E-state index in [1.54, 1.807) is 0 Å². The summed E-state index contributed by atoms with van der Waals surface area (Å²) in [7, 11) is 1.52. The van der Waals surface area contributed by atoms with Gasteiger partial charge in [-0.05, 0) is 12.1 Å². The summed E-state index contributed by atoms with van der Waals surface area (Å²) in [6, 6.07) is 5.13. The van der Waals surface area contributed by atoms with Crippen LogP contribution in [0.25, 0.3) is 0 Å². The van der Waals surface area contributed by atoms with Crippen molar-refractivity contribution in [3.63, 3.8) is 0 Å². The Bertz CT molecular complexity index is 611. The van der Waals surface area contributed by atoms with Crippen LogP contribution in [0.15, 0.2) is 24.3 Å². The zero-order valence-corrected chi connectivity index (χ0v) is 11.3. The summed E-state index contributed by atoms with van der Waals surface area (Å²) in [6.07, 6.45) is 0. The average Bonchev–Trinajstić information content (AvgIpc) is 2.44. The minimum Gasteiger partial charge on any atom is -0.335 e. The second kappa shape index (κ2) is 5.70. The number of hydrogen-bond acceptors (Lipinski definition) is 5. The fourth-order valence-electron chi connectivity index (χ4n) is 1.94. The maximum absolute atomic E-state index is 12.0. The largest absolute Gasteiger partial charge is 0.335 e. The molecular weight excluding hydrogens is 278 g/mol. The van der Waals surface area contributed by atoms with Gasteiger partial charge in [0.2, 0.25) is 11.8 Å². The van der Waals surface area contributed by atoms with Crippen LogP contribution in [0.5, 0.6) is 0 Å². The van der Waals surface area contributed by atoms with Crippen molar-refractivity contribution < 1.29 is 19.3 Å². The number of benzene rings is 1. The molecule has 1 heterocycles. The van der Waals surface area contributed by atoms with Gasteiger partial charge in [0.05, 0.1) is 18.0 Å². The number of nitro benzene ring substituents is 1. The molecular formula is C13H13N3O5. The molecule has 0 atom stereocenters. The number of amides is 2. The summed E-state index contributed by atoms with van der Waals surface area (Å²) >= 11 is 0. The van der Waals surface area contributed by atoms with E-state index in [1.807, 2.05) is 0 Å². The van der Waals surface area contributed by atoms with E-state index in [2.05, 4.69) is 0 Å². The molecule has 0 aliphatic carbocycles. The molecule has 21 heavy (non-hydrogen) atoms. The van der Waals surface area contributed by atoms with Crippen molar-refractivity contribution in [3.05, 3.63) is 39.9 Å². The van der Waals surface area contributed by atoms with Gasteiger partial charge in [-0.2, -0.15) is 0 Å². The van der Waals surface area contributed by atoms with E-state index in [9.17, 15) is 24.5 Å². The SMILES string of the molecule is CN1CC(=O)N(CC(=O)c2ccc([N+](=O)[O-])cc2)CC1=O. The third-order valence-corrected chi connectivity index (χ3v) is 3.21. The lowest BCUT2D eigenvalue weighted by Gasteiger charge is -2.31. The molecule has 1 fully saturated rings. The second-order valence-corrected chi connectivity index (χ2v) is 4.73. The van der Waals surface area contributed by atoms with Crippen molar-refractivity contribution in [3.8, 4) is 0 Å². The predicted octanol–water partition coefficient (Wildman–Crippen LogP) is 0.0781. The van der Waals surface area contributed by atoms with Gasteiger partial charge in [0.15, 0.2) is 5.78 Å². The maximum Gasteiger partial charge on any atom is 0.269 e. The first-order valence-electron chi connectivity index (χ1n) is 6.18. The van der Waals surface area contributed by atoms with Crippen LogP contribution >= 0.6 is 0 Å². The zero-order valence-electron chi connectivity index (χ0n) is 11.3. The number of carbonyl (C=O) groups is 3. The van der Waals surface area contributed by atoms with Gasteiger partial charge >= 0.3 is 0 Å². The van der Waals surface area contributed by atoms with E-state index in [0.717, 1.165) is 0 Å². The Labute approximate surface area is 120 Å². The number of hydrogen-bond donors (Lipinski definition) is 0. The number of nitro groups is 1. The molecule has 110 valence electrons. The number of Topliss-reactive ketones (excluding diaryl/α,β-unsaturated/α-hetero) is 1. The molecule has 0 unspecified atom stereocenters. The van der Waals surface area contributed by atoms with E-state index in [1.165, 1.54) is 41.1 Å². The van der Waals surface area contributed by atoms with Crippen molar-refractivity contribution >= 4 is 23.3 Å². The number of piperazine rings is 1.